The first kappa shape index (κ1) is 12.7. The van der Waals surface area contributed by atoms with Crippen molar-refractivity contribution in [2.24, 2.45) is 5.73 Å². The third-order valence-electron chi connectivity index (χ3n) is 3.02. The van der Waals surface area contributed by atoms with Crippen LogP contribution in [-0.2, 0) is 6.54 Å². The number of hydrogen-bond acceptors (Lipinski definition) is 2. The van der Waals surface area contributed by atoms with Gasteiger partial charge in [0.15, 0.2) is 0 Å². The molecule has 0 unspecified atom stereocenters. The maximum Gasteiger partial charge on any atom is 0.128 e. The molecule has 5 heteroatoms. The Morgan fingerprint density at radius 1 is 1.44 bits per heavy atom. The van der Waals surface area contributed by atoms with Crippen molar-refractivity contribution in [1.82, 2.24) is 9.55 Å². The molecule has 0 aliphatic heterocycles. The summed E-state index contributed by atoms with van der Waals surface area (Å²) in [6.45, 7) is 4.31. The van der Waals surface area contributed by atoms with Crippen LogP contribution in [0.3, 0.4) is 0 Å². The highest BCUT2D eigenvalue weighted by molar-refractivity contribution is 7.80. The van der Waals surface area contributed by atoms with Gasteiger partial charge in [-0.2, -0.15) is 0 Å². The van der Waals surface area contributed by atoms with Gasteiger partial charge in [0.2, 0.25) is 0 Å². The molecule has 0 spiro atoms. The summed E-state index contributed by atoms with van der Waals surface area (Å²) in [7, 11) is 0. The van der Waals surface area contributed by atoms with Crippen LogP contribution in [0.2, 0.25) is 0 Å². The molecule has 94 valence electrons. The Balaban J connectivity index is 2.36. The van der Waals surface area contributed by atoms with Crippen LogP contribution in [0.1, 0.15) is 22.5 Å². The molecule has 1 aromatic heterocycles. The Morgan fingerprint density at radius 3 is 2.72 bits per heavy atom. The summed E-state index contributed by atoms with van der Waals surface area (Å²) in [6.07, 6.45) is 1.71. The molecular formula is C13H14FN3S. The van der Waals surface area contributed by atoms with Crippen molar-refractivity contribution in [3.63, 3.8) is 0 Å². The van der Waals surface area contributed by atoms with Gasteiger partial charge in [-0.05, 0) is 32.0 Å². The second-order valence-corrected chi connectivity index (χ2v) is 4.65. The normalized spacial score (nSPS) is 10.6. The van der Waals surface area contributed by atoms with Gasteiger partial charge in [-0.3, -0.25) is 0 Å². The molecule has 2 aromatic rings. The summed E-state index contributed by atoms with van der Waals surface area (Å²) < 4.78 is 15.6. The van der Waals surface area contributed by atoms with E-state index in [-0.39, 0.29) is 10.8 Å². The van der Waals surface area contributed by atoms with Crippen LogP contribution in [0.5, 0.6) is 0 Å². The van der Waals surface area contributed by atoms with Gasteiger partial charge >= 0.3 is 0 Å². The van der Waals surface area contributed by atoms with Crippen molar-refractivity contribution >= 4 is 17.2 Å². The molecule has 0 radical (unpaired) electrons. The lowest BCUT2D eigenvalue weighted by molar-refractivity contribution is 0.597. The minimum Gasteiger partial charge on any atom is -0.389 e. The van der Waals surface area contributed by atoms with E-state index in [9.17, 15) is 4.39 Å². The Hall–Kier alpha value is -1.75. The average molecular weight is 263 g/mol. The van der Waals surface area contributed by atoms with Gasteiger partial charge in [0.05, 0.1) is 18.6 Å². The second kappa shape index (κ2) is 4.86. The van der Waals surface area contributed by atoms with Crippen molar-refractivity contribution < 1.29 is 4.39 Å². The Kier molecular flexibility index (Phi) is 3.43. The molecule has 2 rings (SSSR count). The Labute approximate surface area is 110 Å². The molecule has 0 amide bonds. The third kappa shape index (κ3) is 2.41. The monoisotopic (exact) mass is 263 g/mol. The number of nitrogens with zero attached hydrogens (tertiary/aromatic N) is 2. The highest BCUT2D eigenvalue weighted by Crippen LogP contribution is 2.14. The van der Waals surface area contributed by atoms with Crippen LogP contribution in [0.25, 0.3) is 0 Å². The predicted molar refractivity (Wildman–Crippen MR) is 73.1 cm³/mol. The summed E-state index contributed by atoms with van der Waals surface area (Å²) in [4.78, 5) is 4.46. The van der Waals surface area contributed by atoms with Crippen LogP contribution < -0.4 is 5.73 Å². The largest absolute Gasteiger partial charge is 0.389 e. The summed E-state index contributed by atoms with van der Waals surface area (Å²) in [5.74, 6) is -0.263. The molecule has 0 bridgehead atoms. The molecule has 18 heavy (non-hydrogen) atoms. The van der Waals surface area contributed by atoms with Crippen LogP contribution in [0, 0.1) is 19.7 Å². The van der Waals surface area contributed by atoms with Gasteiger partial charge in [-0.15, -0.1) is 0 Å². The molecule has 3 nitrogen and oxygen atoms in total. The van der Waals surface area contributed by atoms with E-state index in [0.717, 1.165) is 11.4 Å². The fourth-order valence-electron chi connectivity index (χ4n) is 1.74. The molecule has 1 aromatic carbocycles. The highest BCUT2D eigenvalue weighted by Gasteiger charge is 2.08. The number of hydrogen-bond donors (Lipinski definition) is 1. The number of benzene rings is 1. The van der Waals surface area contributed by atoms with Crippen molar-refractivity contribution in [3.05, 3.63) is 52.9 Å². The Morgan fingerprint density at radius 2 is 2.17 bits per heavy atom. The van der Waals surface area contributed by atoms with E-state index in [1.54, 1.807) is 18.5 Å². The average Bonchev–Trinajstić information content (AvgIpc) is 2.63. The quantitative estimate of drug-likeness (QED) is 0.864. The van der Waals surface area contributed by atoms with Crippen molar-refractivity contribution in [1.29, 1.82) is 0 Å². The lowest BCUT2D eigenvalue weighted by atomic mass is 10.1. The number of halogens is 1. The van der Waals surface area contributed by atoms with Crippen LogP contribution in [0.4, 0.5) is 4.39 Å². The Bertz CT molecular complexity index is 604. The third-order valence-corrected chi connectivity index (χ3v) is 3.25. The van der Waals surface area contributed by atoms with E-state index in [0.29, 0.717) is 17.7 Å². The van der Waals surface area contributed by atoms with Gasteiger partial charge in [-0.25, -0.2) is 9.37 Å². The van der Waals surface area contributed by atoms with Gasteiger partial charge in [0.25, 0.3) is 0 Å². The number of aromatic nitrogens is 2. The minimum atomic E-state index is -0.263. The van der Waals surface area contributed by atoms with Crippen LogP contribution in [0.15, 0.2) is 24.5 Å². The highest BCUT2D eigenvalue weighted by atomic mass is 32.1. The molecule has 0 fully saturated rings. The summed E-state index contributed by atoms with van der Waals surface area (Å²) >= 11 is 4.90. The fourth-order valence-corrected chi connectivity index (χ4v) is 1.86. The number of nitrogens with two attached hydrogens (primary N) is 1. The standard InChI is InChI=1S/C13H14FN3S/c1-8-9(2)17(7-16-8)6-11-5-10(13(15)18)3-4-12(11)14/h3-5,7H,6H2,1-2H3,(H2,15,18). The molecule has 2 N–H and O–H groups in total. The van der Waals surface area contributed by atoms with Crippen molar-refractivity contribution in [2.45, 2.75) is 20.4 Å². The molecule has 0 aliphatic carbocycles. The molecular weight excluding hydrogens is 249 g/mol. The first-order chi connectivity index (χ1) is 8.49. The van der Waals surface area contributed by atoms with Gasteiger partial charge in [-0.1, -0.05) is 12.2 Å². The zero-order chi connectivity index (χ0) is 13.3. The van der Waals surface area contributed by atoms with Gasteiger partial charge in [0.1, 0.15) is 10.8 Å². The minimum absolute atomic E-state index is 0.263. The van der Waals surface area contributed by atoms with Crippen LogP contribution >= 0.6 is 12.2 Å². The summed E-state index contributed by atoms with van der Waals surface area (Å²) in [5.41, 5.74) is 8.75. The van der Waals surface area contributed by atoms with E-state index >= 15 is 0 Å². The van der Waals surface area contributed by atoms with E-state index < -0.39 is 0 Å². The number of rotatable bonds is 3. The zero-order valence-corrected chi connectivity index (χ0v) is 11.1. The maximum atomic E-state index is 13.7. The smallest absolute Gasteiger partial charge is 0.128 e. The lowest BCUT2D eigenvalue weighted by Gasteiger charge is -2.08. The van der Waals surface area contributed by atoms with Crippen LogP contribution in [-0.4, -0.2) is 14.5 Å². The lowest BCUT2D eigenvalue weighted by Crippen LogP contribution is -2.11. The summed E-state index contributed by atoms with van der Waals surface area (Å²) in [6, 6.07) is 4.67. The topological polar surface area (TPSA) is 43.8 Å². The van der Waals surface area contributed by atoms with Gasteiger partial charge < -0.3 is 10.3 Å². The number of aryl methyl sites for hydroxylation is 1. The maximum absolute atomic E-state index is 13.7. The van der Waals surface area contributed by atoms with E-state index in [2.05, 4.69) is 4.98 Å². The van der Waals surface area contributed by atoms with Crippen molar-refractivity contribution in [2.75, 3.05) is 0 Å². The predicted octanol–water partition coefficient (Wildman–Crippen LogP) is 2.32. The SMILES string of the molecule is Cc1ncn(Cc2cc(C(N)=S)ccc2F)c1C. The molecule has 1 heterocycles. The zero-order valence-electron chi connectivity index (χ0n) is 10.3. The molecule has 0 atom stereocenters. The second-order valence-electron chi connectivity index (χ2n) is 4.21. The van der Waals surface area contributed by atoms with E-state index in [1.807, 2.05) is 18.4 Å². The number of imidazole rings is 1. The van der Waals surface area contributed by atoms with E-state index in [1.165, 1.54) is 6.07 Å². The van der Waals surface area contributed by atoms with Crippen molar-refractivity contribution in [3.8, 4) is 0 Å². The molecule has 0 aliphatic rings. The number of thiocarbonyl (C=S) groups is 1. The summed E-state index contributed by atoms with van der Waals surface area (Å²) in [5, 5.41) is 0. The first-order valence-corrected chi connectivity index (χ1v) is 5.96. The van der Waals surface area contributed by atoms with E-state index in [4.69, 9.17) is 18.0 Å². The molecule has 0 saturated heterocycles. The molecule has 0 saturated carbocycles. The van der Waals surface area contributed by atoms with Gasteiger partial charge in [0, 0.05) is 16.8 Å². The first-order valence-electron chi connectivity index (χ1n) is 5.55. The fraction of sp³-hybridized carbons (Fsp3) is 0.231.